The van der Waals surface area contributed by atoms with E-state index in [4.69, 9.17) is 5.73 Å². The molecule has 15 heavy (non-hydrogen) atoms. The number of hydrogen-bond acceptors (Lipinski definition) is 2. The first kappa shape index (κ1) is 11.9. The van der Waals surface area contributed by atoms with Gasteiger partial charge in [0, 0.05) is 6.42 Å². The predicted octanol–water partition coefficient (Wildman–Crippen LogP) is 2.15. The van der Waals surface area contributed by atoms with Crippen LogP contribution in [0.15, 0.2) is 18.2 Å². The molecule has 1 aromatic carbocycles. The van der Waals surface area contributed by atoms with Crippen molar-refractivity contribution in [3.05, 3.63) is 34.9 Å². The topological polar surface area (TPSA) is 43.1 Å². The Morgan fingerprint density at radius 3 is 2.60 bits per heavy atom. The molecule has 1 unspecified atom stereocenters. The summed E-state index contributed by atoms with van der Waals surface area (Å²) >= 11 is 0. The minimum atomic E-state index is -0.351. The summed E-state index contributed by atoms with van der Waals surface area (Å²) in [6.45, 7) is 5.98. The Hall–Kier alpha value is -1.15. The van der Waals surface area contributed by atoms with Crippen molar-refractivity contribution in [3.63, 3.8) is 0 Å². The third kappa shape index (κ3) is 3.17. The Kier molecular flexibility index (Phi) is 4.04. The fourth-order valence-corrected chi connectivity index (χ4v) is 1.69. The van der Waals surface area contributed by atoms with Crippen LogP contribution in [0.2, 0.25) is 0 Å². The van der Waals surface area contributed by atoms with Gasteiger partial charge in [-0.1, -0.05) is 30.7 Å². The zero-order chi connectivity index (χ0) is 11.4. The molecule has 0 fully saturated rings. The lowest BCUT2D eigenvalue weighted by Crippen LogP contribution is -2.32. The van der Waals surface area contributed by atoms with Crippen molar-refractivity contribution < 1.29 is 4.79 Å². The van der Waals surface area contributed by atoms with Crippen molar-refractivity contribution in [3.8, 4) is 0 Å². The highest BCUT2D eigenvalue weighted by atomic mass is 16.1. The van der Waals surface area contributed by atoms with Crippen molar-refractivity contribution in [2.45, 2.75) is 39.7 Å². The van der Waals surface area contributed by atoms with Crippen molar-refractivity contribution in [2.24, 2.45) is 5.73 Å². The molecule has 1 aromatic rings. The van der Waals surface area contributed by atoms with Gasteiger partial charge < -0.3 is 5.73 Å². The standard InChI is InChI=1S/C13H19NO/c1-4-13(15)12(14)8-11-6-5-9(2)7-10(11)3/h5-7,12H,4,8,14H2,1-3H3. The zero-order valence-electron chi connectivity index (χ0n) is 9.71. The molecule has 0 bridgehead atoms. The van der Waals surface area contributed by atoms with E-state index in [1.165, 1.54) is 16.7 Å². The van der Waals surface area contributed by atoms with E-state index in [1.807, 2.05) is 6.92 Å². The smallest absolute Gasteiger partial charge is 0.149 e. The molecule has 2 heteroatoms. The molecule has 0 heterocycles. The van der Waals surface area contributed by atoms with Crippen molar-refractivity contribution in [1.82, 2.24) is 0 Å². The second kappa shape index (κ2) is 5.08. The highest BCUT2D eigenvalue weighted by Crippen LogP contribution is 2.12. The number of ketones is 1. The van der Waals surface area contributed by atoms with E-state index in [-0.39, 0.29) is 11.8 Å². The minimum absolute atomic E-state index is 0.134. The third-order valence-electron chi connectivity index (χ3n) is 2.70. The summed E-state index contributed by atoms with van der Waals surface area (Å²) in [5.74, 6) is 0.134. The van der Waals surface area contributed by atoms with E-state index in [0.29, 0.717) is 12.8 Å². The highest BCUT2D eigenvalue weighted by Gasteiger charge is 2.12. The molecule has 0 aliphatic heterocycles. The summed E-state index contributed by atoms with van der Waals surface area (Å²) in [6, 6.07) is 5.90. The van der Waals surface area contributed by atoms with Crippen molar-refractivity contribution >= 4 is 5.78 Å². The molecule has 0 aliphatic carbocycles. The number of hydrogen-bond donors (Lipinski definition) is 1. The maximum absolute atomic E-state index is 11.4. The van der Waals surface area contributed by atoms with Gasteiger partial charge in [-0.3, -0.25) is 4.79 Å². The number of Topliss-reactive ketones (excluding diaryl/α,β-unsaturated/α-hetero) is 1. The van der Waals surface area contributed by atoms with Gasteiger partial charge in [0.05, 0.1) is 6.04 Å². The van der Waals surface area contributed by atoms with Crippen LogP contribution in [0.4, 0.5) is 0 Å². The van der Waals surface area contributed by atoms with Crippen LogP contribution in [0.3, 0.4) is 0 Å². The third-order valence-corrected chi connectivity index (χ3v) is 2.70. The lowest BCUT2D eigenvalue weighted by atomic mass is 9.97. The summed E-state index contributed by atoms with van der Waals surface area (Å²) in [4.78, 5) is 11.4. The molecule has 2 N–H and O–H groups in total. The number of nitrogens with two attached hydrogens (primary N) is 1. The number of carbonyl (C=O) groups excluding carboxylic acids is 1. The lowest BCUT2D eigenvalue weighted by molar-refractivity contribution is -0.119. The average Bonchev–Trinajstić information content (AvgIpc) is 2.20. The molecule has 2 nitrogen and oxygen atoms in total. The van der Waals surface area contributed by atoms with Gasteiger partial charge in [0.2, 0.25) is 0 Å². The molecular weight excluding hydrogens is 186 g/mol. The summed E-state index contributed by atoms with van der Waals surface area (Å²) in [7, 11) is 0. The fourth-order valence-electron chi connectivity index (χ4n) is 1.69. The van der Waals surface area contributed by atoms with E-state index < -0.39 is 0 Å². The van der Waals surface area contributed by atoms with E-state index >= 15 is 0 Å². The lowest BCUT2D eigenvalue weighted by Gasteiger charge is -2.12. The average molecular weight is 205 g/mol. The maximum Gasteiger partial charge on any atom is 0.149 e. The second-order valence-electron chi connectivity index (χ2n) is 4.06. The monoisotopic (exact) mass is 205 g/mol. The van der Waals surface area contributed by atoms with Crippen molar-refractivity contribution in [2.75, 3.05) is 0 Å². The Morgan fingerprint density at radius 2 is 2.07 bits per heavy atom. The number of rotatable bonds is 4. The molecule has 0 radical (unpaired) electrons. The van der Waals surface area contributed by atoms with Gasteiger partial charge in [-0.15, -0.1) is 0 Å². The molecule has 82 valence electrons. The number of benzene rings is 1. The van der Waals surface area contributed by atoms with Crippen LogP contribution in [0, 0.1) is 13.8 Å². The summed E-state index contributed by atoms with van der Waals surface area (Å²) in [5.41, 5.74) is 9.45. The summed E-state index contributed by atoms with van der Waals surface area (Å²) in [6.07, 6.45) is 1.17. The summed E-state index contributed by atoms with van der Waals surface area (Å²) in [5, 5.41) is 0. The second-order valence-corrected chi connectivity index (χ2v) is 4.06. The first-order chi connectivity index (χ1) is 7.04. The first-order valence-electron chi connectivity index (χ1n) is 5.39. The Bertz CT molecular complexity index is 358. The van der Waals surface area contributed by atoms with Gasteiger partial charge in [0.15, 0.2) is 0 Å². The van der Waals surface area contributed by atoms with Gasteiger partial charge in [0.1, 0.15) is 5.78 Å². The zero-order valence-corrected chi connectivity index (χ0v) is 9.71. The molecule has 0 saturated carbocycles. The van der Waals surface area contributed by atoms with Gasteiger partial charge >= 0.3 is 0 Å². The fraction of sp³-hybridized carbons (Fsp3) is 0.462. The number of carbonyl (C=O) groups is 1. The summed E-state index contributed by atoms with van der Waals surface area (Å²) < 4.78 is 0. The first-order valence-corrected chi connectivity index (χ1v) is 5.39. The molecular formula is C13H19NO. The SMILES string of the molecule is CCC(=O)C(N)Cc1ccc(C)cc1C. The van der Waals surface area contributed by atoms with Crippen LogP contribution < -0.4 is 5.73 Å². The molecule has 0 aromatic heterocycles. The minimum Gasteiger partial charge on any atom is -0.321 e. The van der Waals surface area contributed by atoms with Gasteiger partial charge in [0.25, 0.3) is 0 Å². The van der Waals surface area contributed by atoms with Gasteiger partial charge in [-0.05, 0) is 31.4 Å². The Balaban J connectivity index is 2.76. The highest BCUT2D eigenvalue weighted by molar-refractivity contribution is 5.83. The largest absolute Gasteiger partial charge is 0.321 e. The van der Waals surface area contributed by atoms with Crippen molar-refractivity contribution in [1.29, 1.82) is 0 Å². The van der Waals surface area contributed by atoms with Crippen LogP contribution >= 0.6 is 0 Å². The maximum atomic E-state index is 11.4. The molecule has 1 rings (SSSR count). The molecule has 0 aliphatic rings. The van der Waals surface area contributed by atoms with E-state index in [0.717, 1.165) is 0 Å². The Morgan fingerprint density at radius 1 is 1.40 bits per heavy atom. The molecule has 1 atom stereocenters. The Labute approximate surface area is 91.5 Å². The van der Waals surface area contributed by atoms with Crippen LogP contribution in [0.1, 0.15) is 30.0 Å². The molecule has 0 spiro atoms. The van der Waals surface area contributed by atoms with E-state index in [1.54, 1.807) is 0 Å². The van der Waals surface area contributed by atoms with E-state index in [9.17, 15) is 4.79 Å². The normalized spacial score (nSPS) is 12.5. The van der Waals surface area contributed by atoms with Gasteiger partial charge in [-0.2, -0.15) is 0 Å². The van der Waals surface area contributed by atoms with Crippen LogP contribution in [-0.4, -0.2) is 11.8 Å². The van der Waals surface area contributed by atoms with Crippen LogP contribution in [-0.2, 0) is 11.2 Å². The van der Waals surface area contributed by atoms with Gasteiger partial charge in [-0.25, -0.2) is 0 Å². The predicted molar refractivity (Wildman–Crippen MR) is 62.9 cm³/mol. The molecule has 0 amide bonds. The van der Waals surface area contributed by atoms with Crippen LogP contribution in [0.5, 0.6) is 0 Å². The molecule has 0 saturated heterocycles. The number of aryl methyl sites for hydroxylation is 2. The quantitative estimate of drug-likeness (QED) is 0.818. The van der Waals surface area contributed by atoms with E-state index in [2.05, 4.69) is 32.0 Å². The van der Waals surface area contributed by atoms with Crippen LogP contribution in [0.25, 0.3) is 0 Å².